The molecule has 1 heterocycles. The predicted molar refractivity (Wildman–Crippen MR) is 45.8 cm³/mol. The molecule has 3 nitrogen and oxygen atoms in total. The molecule has 0 atom stereocenters. The van der Waals surface area contributed by atoms with E-state index in [0.717, 1.165) is 0 Å². The Morgan fingerprint density at radius 3 is 2.43 bits per heavy atom. The van der Waals surface area contributed by atoms with Crippen molar-refractivity contribution in [3.63, 3.8) is 0 Å². The lowest BCUT2D eigenvalue weighted by molar-refractivity contribution is -0.0558. The van der Waals surface area contributed by atoms with Crippen molar-refractivity contribution in [1.82, 2.24) is 9.97 Å². The summed E-state index contributed by atoms with van der Waals surface area (Å²) in [6, 6.07) is 0. The van der Waals surface area contributed by atoms with Crippen molar-refractivity contribution in [2.75, 3.05) is 0 Å². The van der Waals surface area contributed by atoms with Crippen LogP contribution >= 0.6 is 11.6 Å². The number of rotatable bonds is 1. The first-order valence-electron chi connectivity index (χ1n) is 3.50. The summed E-state index contributed by atoms with van der Waals surface area (Å²) >= 11 is 4.92. The Hall–Kier alpha value is -1.17. The van der Waals surface area contributed by atoms with E-state index in [1.165, 1.54) is 19.3 Å². The Balaban J connectivity index is 3.04. The molecular formula is C7H5ClF3N3. The molecule has 76 valence electrons. The fourth-order valence-corrected chi connectivity index (χ4v) is 0.746. The molecule has 0 aliphatic rings. The lowest BCUT2D eigenvalue weighted by Crippen LogP contribution is -2.16. The van der Waals surface area contributed by atoms with Gasteiger partial charge in [0, 0.05) is 12.4 Å². The smallest absolute Gasteiger partial charge is 0.256 e. The Kier molecular flexibility index (Phi) is 3.05. The molecule has 1 aromatic heterocycles. The fourth-order valence-electron chi connectivity index (χ4n) is 0.666. The van der Waals surface area contributed by atoms with Gasteiger partial charge in [0.1, 0.15) is 0 Å². The van der Waals surface area contributed by atoms with E-state index in [1.54, 1.807) is 0 Å². The van der Waals surface area contributed by atoms with Crippen LogP contribution in [0.15, 0.2) is 17.4 Å². The van der Waals surface area contributed by atoms with E-state index in [2.05, 4.69) is 15.0 Å². The number of aromatic nitrogens is 2. The van der Waals surface area contributed by atoms with Gasteiger partial charge in [-0.1, -0.05) is 11.6 Å². The topological polar surface area (TPSA) is 38.1 Å². The predicted octanol–water partition coefficient (Wildman–Crippen LogP) is 2.62. The summed E-state index contributed by atoms with van der Waals surface area (Å²) in [7, 11) is 0. The summed E-state index contributed by atoms with van der Waals surface area (Å²) in [6.45, 7) is 1.49. The average molecular weight is 224 g/mol. The Bertz CT molecular complexity index is 361. The second-order valence-corrected chi connectivity index (χ2v) is 2.72. The third kappa shape index (κ3) is 2.66. The number of hydrogen-bond acceptors (Lipinski definition) is 3. The Morgan fingerprint density at radius 1 is 1.36 bits per heavy atom. The van der Waals surface area contributed by atoms with E-state index in [0.29, 0.717) is 0 Å². The molecule has 0 amide bonds. The molecule has 0 saturated heterocycles. The molecule has 0 saturated carbocycles. The van der Waals surface area contributed by atoms with Gasteiger partial charge in [-0.2, -0.15) is 13.2 Å². The van der Waals surface area contributed by atoms with E-state index in [1.807, 2.05) is 0 Å². The van der Waals surface area contributed by atoms with Crippen molar-refractivity contribution in [3.05, 3.63) is 18.1 Å². The van der Waals surface area contributed by atoms with Crippen LogP contribution < -0.4 is 0 Å². The minimum Gasteiger partial charge on any atom is -0.256 e. The molecular weight excluding hydrogens is 219 g/mol. The highest BCUT2D eigenvalue weighted by molar-refractivity contribution is 6.67. The van der Waals surface area contributed by atoms with Crippen LogP contribution in [0.5, 0.6) is 0 Å². The molecule has 0 spiro atoms. The van der Waals surface area contributed by atoms with Gasteiger partial charge in [-0.05, 0) is 6.92 Å². The van der Waals surface area contributed by atoms with Gasteiger partial charge in [-0.25, -0.2) is 9.98 Å². The molecule has 1 aromatic rings. The van der Waals surface area contributed by atoms with Crippen molar-refractivity contribution >= 4 is 22.6 Å². The van der Waals surface area contributed by atoms with E-state index in [4.69, 9.17) is 11.6 Å². The van der Waals surface area contributed by atoms with E-state index in [-0.39, 0.29) is 11.5 Å². The standard InChI is InChI=1S/C7H5ClF3N3/c1-4-5(13-3-2-12-4)14-6(8)7(9,10)11/h2-3H,1H3. The monoisotopic (exact) mass is 223 g/mol. The van der Waals surface area contributed by atoms with Crippen molar-refractivity contribution < 1.29 is 13.2 Å². The molecule has 0 unspecified atom stereocenters. The van der Waals surface area contributed by atoms with Crippen LogP contribution in [0.25, 0.3) is 0 Å². The number of aryl methyl sites for hydroxylation is 1. The lowest BCUT2D eigenvalue weighted by atomic mass is 10.4. The summed E-state index contributed by atoms with van der Waals surface area (Å²) in [5, 5.41) is -1.46. The van der Waals surface area contributed by atoms with Crippen LogP contribution in [0.2, 0.25) is 0 Å². The summed E-state index contributed by atoms with van der Waals surface area (Å²) in [5.74, 6) is -0.130. The Labute approximate surface area is 82.7 Å². The molecule has 0 N–H and O–H groups in total. The van der Waals surface area contributed by atoms with Crippen LogP contribution in [-0.4, -0.2) is 21.3 Å². The average Bonchev–Trinajstić information content (AvgIpc) is 2.07. The first-order chi connectivity index (χ1) is 6.41. The highest BCUT2D eigenvalue weighted by Crippen LogP contribution is 2.23. The number of hydrogen-bond donors (Lipinski definition) is 0. The highest BCUT2D eigenvalue weighted by Gasteiger charge is 2.34. The molecule has 7 heteroatoms. The second-order valence-electron chi connectivity index (χ2n) is 2.37. The van der Waals surface area contributed by atoms with Crippen molar-refractivity contribution in [2.45, 2.75) is 13.1 Å². The minimum absolute atomic E-state index is 0.130. The molecule has 1 rings (SSSR count). The maximum absolute atomic E-state index is 12.0. The zero-order chi connectivity index (χ0) is 10.8. The van der Waals surface area contributed by atoms with Gasteiger partial charge in [-0.15, -0.1) is 0 Å². The summed E-state index contributed by atoms with van der Waals surface area (Å²) < 4.78 is 35.9. The summed E-state index contributed by atoms with van der Waals surface area (Å²) in [5.41, 5.74) is 0.287. The van der Waals surface area contributed by atoms with Gasteiger partial charge in [0.05, 0.1) is 5.69 Å². The van der Waals surface area contributed by atoms with Gasteiger partial charge in [0.2, 0.25) is 5.17 Å². The summed E-state index contributed by atoms with van der Waals surface area (Å²) in [4.78, 5) is 10.4. The number of halogens is 4. The quantitative estimate of drug-likeness (QED) is 0.687. The highest BCUT2D eigenvalue weighted by atomic mass is 35.5. The van der Waals surface area contributed by atoms with Gasteiger partial charge in [0.15, 0.2) is 5.82 Å². The normalized spacial score (nSPS) is 13.1. The van der Waals surface area contributed by atoms with Gasteiger partial charge >= 0.3 is 6.18 Å². The lowest BCUT2D eigenvalue weighted by Gasteiger charge is -2.03. The first-order valence-corrected chi connectivity index (χ1v) is 3.88. The molecule has 0 aliphatic carbocycles. The van der Waals surface area contributed by atoms with E-state index in [9.17, 15) is 13.2 Å². The number of aliphatic imine (C=N–C) groups is 1. The van der Waals surface area contributed by atoms with Crippen LogP contribution in [-0.2, 0) is 0 Å². The maximum atomic E-state index is 12.0. The minimum atomic E-state index is -4.65. The molecule has 14 heavy (non-hydrogen) atoms. The summed E-state index contributed by atoms with van der Waals surface area (Å²) in [6.07, 6.45) is -2.05. The molecule has 0 aliphatic heterocycles. The third-order valence-corrected chi connectivity index (χ3v) is 1.59. The van der Waals surface area contributed by atoms with Gasteiger partial charge in [0.25, 0.3) is 0 Å². The molecule has 0 fully saturated rings. The zero-order valence-electron chi connectivity index (χ0n) is 7.01. The van der Waals surface area contributed by atoms with Crippen LogP contribution in [0.4, 0.5) is 19.0 Å². The van der Waals surface area contributed by atoms with Gasteiger partial charge in [-0.3, -0.25) is 4.98 Å². The first kappa shape index (κ1) is 10.9. The van der Waals surface area contributed by atoms with Crippen molar-refractivity contribution in [3.8, 4) is 0 Å². The maximum Gasteiger partial charge on any atom is 0.444 e. The van der Waals surface area contributed by atoms with E-state index >= 15 is 0 Å². The van der Waals surface area contributed by atoms with E-state index < -0.39 is 11.3 Å². The fraction of sp³-hybridized carbons (Fsp3) is 0.286. The van der Waals surface area contributed by atoms with Crippen LogP contribution in [0, 0.1) is 6.92 Å². The Morgan fingerprint density at radius 2 is 1.93 bits per heavy atom. The third-order valence-electron chi connectivity index (χ3n) is 1.29. The van der Waals surface area contributed by atoms with Crippen molar-refractivity contribution in [2.24, 2.45) is 4.99 Å². The zero-order valence-corrected chi connectivity index (χ0v) is 7.76. The van der Waals surface area contributed by atoms with Crippen LogP contribution in [0.1, 0.15) is 5.69 Å². The SMILES string of the molecule is Cc1nccnc1N=C(Cl)C(F)(F)F. The largest absolute Gasteiger partial charge is 0.444 e. The molecule has 0 bridgehead atoms. The number of nitrogens with zero attached hydrogens (tertiary/aromatic N) is 3. The molecule has 0 aromatic carbocycles. The van der Waals surface area contributed by atoms with Crippen molar-refractivity contribution in [1.29, 1.82) is 0 Å². The number of alkyl halides is 3. The molecule has 0 radical (unpaired) electrons. The second kappa shape index (κ2) is 3.91. The van der Waals surface area contributed by atoms with Crippen LogP contribution in [0.3, 0.4) is 0 Å². The van der Waals surface area contributed by atoms with Gasteiger partial charge < -0.3 is 0 Å².